The van der Waals surface area contributed by atoms with Crippen molar-refractivity contribution in [1.29, 1.82) is 0 Å². The summed E-state index contributed by atoms with van der Waals surface area (Å²) in [6.45, 7) is 3.11. The van der Waals surface area contributed by atoms with E-state index in [0.29, 0.717) is 0 Å². The molecule has 0 aromatic rings. The Morgan fingerprint density at radius 1 is 1.46 bits per heavy atom. The minimum atomic E-state index is 0.0752. The molecule has 2 aliphatic rings. The van der Waals surface area contributed by atoms with Gasteiger partial charge in [0.25, 0.3) is 0 Å². The first kappa shape index (κ1) is 9.00. The standard InChI is InChI=1S/C10H18N2O/c1-10(5-6-10)12-9(13)8-4-2-3-7-11-8/h8,11H,2-7H2,1H3,(H,12,13). The van der Waals surface area contributed by atoms with E-state index < -0.39 is 0 Å². The SMILES string of the molecule is CC1(NC(=O)C2CCCCN2)CC1. The van der Waals surface area contributed by atoms with Gasteiger partial charge < -0.3 is 10.6 Å². The number of hydrogen-bond donors (Lipinski definition) is 2. The van der Waals surface area contributed by atoms with Crippen molar-refractivity contribution in [1.82, 2.24) is 10.6 Å². The quantitative estimate of drug-likeness (QED) is 0.663. The Bertz CT molecular complexity index is 205. The lowest BCUT2D eigenvalue weighted by atomic mass is 10.0. The second-order valence-electron chi connectivity index (χ2n) is 4.55. The van der Waals surface area contributed by atoms with Crippen molar-refractivity contribution in [3.8, 4) is 0 Å². The minimum absolute atomic E-state index is 0.0752. The second kappa shape index (κ2) is 3.29. The summed E-state index contributed by atoms with van der Waals surface area (Å²) in [6, 6.07) is 0.0752. The lowest BCUT2D eigenvalue weighted by molar-refractivity contribution is -0.124. The summed E-state index contributed by atoms with van der Waals surface area (Å²) < 4.78 is 0. The van der Waals surface area contributed by atoms with Crippen LogP contribution in [0.2, 0.25) is 0 Å². The summed E-state index contributed by atoms with van der Waals surface area (Å²) in [5.74, 6) is 0.208. The van der Waals surface area contributed by atoms with Gasteiger partial charge in [0.1, 0.15) is 0 Å². The molecule has 0 radical (unpaired) electrons. The van der Waals surface area contributed by atoms with Gasteiger partial charge in [0, 0.05) is 5.54 Å². The smallest absolute Gasteiger partial charge is 0.237 e. The van der Waals surface area contributed by atoms with E-state index in [0.717, 1.165) is 25.8 Å². The van der Waals surface area contributed by atoms with Gasteiger partial charge in [-0.3, -0.25) is 4.79 Å². The van der Waals surface area contributed by atoms with E-state index in [4.69, 9.17) is 0 Å². The normalized spacial score (nSPS) is 31.0. The van der Waals surface area contributed by atoms with Gasteiger partial charge in [-0.25, -0.2) is 0 Å². The molecule has 1 aliphatic carbocycles. The molecule has 13 heavy (non-hydrogen) atoms. The van der Waals surface area contributed by atoms with Crippen molar-refractivity contribution < 1.29 is 4.79 Å². The average Bonchev–Trinajstić information content (AvgIpc) is 2.85. The fourth-order valence-electron chi connectivity index (χ4n) is 1.77. The van der Waals surface area contributed by atoms with Gasteiger partial charge in [-0.1, -0.05) is 6.42 Å². The maximum Gasteiger partial charge on any atom is 0.237 e. The van der Waals surface area contributed by atoms with Crippen LogP contribution in [0.1, 0.15) is 39.0 Å². The van der Waals surface area contributed by atoms with Gasteiger partial charge in [0.2, 0.25) is 5.91 Å². The largest absolute Gasteiger partial charge is 0.350 e. The summed E-state index contributed by atoms with van der Waals surface area (Å²) in [7, 11) is 0. The van der Waals surface area contributed by atoms with Crippen LogP contribution in [0.25, 0.3) is 0 Å². The first-order valence-electron chi connectivity index (χ1n) is 5.25. The topological polar surface area (TPSA) is 41.1 Å². The molecule has 2 rings (SSSR count). The lowest BCUT2D eigenvalue weighted by Crippen LogP contribution is -2.49. The molecule has 0 aromatic heterocycles. The Balaban J connectivity index is 1.81. The number of carbonyl (C=O) groups excluding carboxylic acids is 1. The highest BCUT2D eigenvalue weighted by atomic mass is 16.2. The van der Waals surface area contributed by atoms with Crippen molar-refractivity contribution in [2.24, 2.45) is 0 Å². The van der Waals surface area contributed by atoms with Gasteiger partial charge >= 0.3 is 0 Å². The zero-order valence-corrected chi connectivity index (χ0v) is 8.23. The predicted molar refractivity (Wildman–Crippen MR) is 51.4 cm³/mol. The average molecular weight is 182 g/mol. The number of piperidine rings is 1. The molecule has 1 atom stereocenters. The highest BCUT2D eigenvalue weighted by Crippen LogP contribution is 2.34. The van der Waals surface area contributed by atoms with Gasteiger partial charge in [-0.2, -0.15) is 0 Å². The predicted octanol–water partition coefficient (Wildman–Crippen LogP) is 0.797. The Kier molecular flexibility index (Phi) is 2.28. The van der Waals surface area contributed by atoms with E-state index in [1.807, 2.05) is 0 Å². The van der Waals surface area contributed by atoms with Crippen molar-refractivity contribution in [2.45, 2.75) is 50.6 Å². The molecule has 2 fully saturated rings. The fourth-order valence-corrected chi connectivity index (χ4v) is 1.77. The molecule has 0 bridgehead atoms. The third-order valence-electron chi connectivity index (χ3n) is 3.05. The minimum Gasteiger partial charge on any atom is -0.350 e. The molecule has 1 saturated heterocycles. The molecular weight excluding hydrogens is 164 g/mol. The number of carbonyl (C=O) groups is 1. The molecular formula is C10H18N2O. The number of amides is 1. The first-order valence-corrected chi connectivity index (χ1v) is 5.25. The van der Waals surface area contributed by atoms with Crippen LogP contribution in [0, 0.1) is 0 Å². The zero-order chi connectivity index (χ0) is 9.31. The molecule has 0 aromatic carbocycles. The van der Waals surface area contributed by atoms with Crippen molar-refractivity contribution >= 4 is 5.91 Å². The third-order valence-corrected chi connectivity index (χ3v) is 3.05. The summed E-state index contributed by atoms with van der Waals surface area (Å²) >= 11 is 0. The molecule has 1 aliphatic heterocycles. The van der Waals surface area contributed by atoms with E-state index in [-0.39, 0.29) is 17.5 Å². The van der Waals surface area contributed by atoms with Crippen LogP contribution in [0.4, 0.5) is 0 Å². The fraction of sp³-hybridized carbons (Fsp3) is 0.900. The van der Waals surface area contributed by atoms with Crippen molar-refractivity contribution in [2.75, 3.05) is 6.54 Å². The maximum atomic E-state index is 11.7. The molecule has 74 valence electrons. The third kappa shape index (κ3) is 2.21. The number of nitrogens with one attached hydrogen (secondary N) is 2. The van der Waals surface area contributed by atoms with E-state index in [2.05, 4.69) is 17.6 Å². The lowest BCUT2D eigenvalue weighted by Gasteiger charge is -2.24. The van der Waals surface area contributed by atoms with E-state index in [1.165, 1.54) is 12.8 Å². The summed E-state index contributed by atoms with van der Waals surface area (Å²) in [5, 5.41) is 6.36. The Hall–Kier alpha value is -0.570. The van der Waals surface area contributed by atoms with Crippen LogP contribution >= 0.6 is 0 Å². The second-order valence-corrected chi connectivity index (χ2v) is 4.55. The number of hydrogen-bond acceptors (Lipinski definition) is 2. The van der Waals surface area contributed by atoms with Crippen molar-refractivity contribution in [3.05, 3.63) is 0 Å². The Morgan fingerprint density at radius 2 is 2.23 bits per heavy atom. The Morgan fingerprint density at radius 3 is 2.77 bits per heavy atom. The molecule has 2 N–H and O–H groups in total. The van der Waals surface area contributed by atoms with Gasteiger partial charge in [0.05, 0.1) is 6.04 Å². The first-order chi connectivity index (χ1) is 6.20. The van der Waals surface area contributed by atoms with Crippen LogP contribution in [0.5, 0.6) is 0 Å². The monoisotopic (exact) mass is 182 g/mol. The zero-order valence-electron chi connectivity index (χ0n) is 8.23. The highest BCUT2D eigenvalue weighted by molar-refractivity contribution is 5.82. The summed E-state index contributed by atoms with van der Waals surface area (Å²) in [5.41, 5.74) is 0.135. The maximum absolute atomic E-state index is 11.7. The molecule has 1 amide bonds. The molecule has 3 heteroatoms. The van der Waals surface area contributed by atoms with Crippen LogP contribution in [-0.2, 0) is 4.79 Å². The molecule has 0 spiro atoms. The Labute approximate surface area is 79.3 Å². The summed E-state index contributed by atoms with van der Waals surface area (Å²) in [4.78, 5) is 11.7. The molecule has 3 nitrogen and oxygen atoms in total. The molecule has 1 heterocycles. The van der Waals surface area contributed by atoms with E-state index in [9.17, 15) is 4.79 Å². The van der Waals surface area contributed by atoms with Crippen LogP contribution < -0.4 is 10.6 Å². The van der Waals surface area contributed by atoms with E-state index in [1.54, 1.807) is 0 Å². The summed E-state index contributed by atoms with van der Waals surface area (Å²) in [6.07, 6.45) is 5.68. The van der Waals surface area contributed by atoms with Crippen LogP contribution in [-0.4, -0.2) is 24.0 Å². The van der Waals surface area contributed by atoms with Gasteiger partial charge in [-0.15, -0.1) is 0 Å². The van der Waals surface area contributed by atoms with Gasteiger partial charge in [0.15, 0.2) is 0 Å². The van der Waals surface area contributed by atoms with Crippen molar-refractivity contribution in [3.63, 3.8) is 0 Å². The van der Waals surface area contributed by atoms with Gasteiger partial charge in [-0.05, 0) is 39.2 Å². The highest BCUT2D eigenvalue weighted by Gasteiger charge is 2.39. The van der Waals surface area contributed by atoms with Crippen LogP contribution in [0.15, 0.2) is 0 Å². The molecule has 1 unspecified atom stereocenters. The molecule has 1 saturated carbocycles. The van der Waals surface area contributed by atoms with Crippen LogP contribution in [0.3, 0.4) is 0 Å². The number of rotatable bonds is 2. The van der Waals surface area contributed by atoms with E-state index >= 15 is 0 Å².